The molecular weight excluding hydrogens is 332 g/mol. The van der Waals surface area contributed by atoms with Crippen molar-refractivity contribution < 1.29 is 14.3 Å². The lowest BCUT2D eigenvalue weighted by molar-refractivity contribution is -0.148. The first-order valence-corrected chi connectivity index (χ1v) is 9.18. The largest absolute Gasteiger partial charge is 0.466 e. The summed E-state index contributed by atoms with van der Waals surface area (Å²) < 4.78 is 11.5. The third-order valence-corrected chi connectivity index (χ3v) is 5.73. The van der Waals surface area contributed by atoms with Gasteiger partial charge in [-0.05, 0) is 50.4 Å². The zero-order valence-corrected chi connectivity index (χ0v) is 15.3. The third kappa shape index (κ3) is 4.69. The molecule has 0 amide bonds. The van der Waals surface area contributed by atoms with Crippen LogP contribution < -0.4 is 0 Å². The molecule has 21 heavy (non-hydrogen) atoms. The van der Waals surface area contributed by atoms with Crippen LogP contribution in [0.1, 0.15) is 59.8 Å². The fraction of sp³-hybridized carbons (Fsp3) is 0.941. The van der Waals surface area contributed by atoms with Crippen molar-refractivity contribution >= 4 is 21.9 Å². The Morgan fingerprint density at radius 1 is 1.24 bits per heavy atom. The molecule has 2 saturated carbocycles. The van der Waals surface area contributed by atoms with Crippen molar-refractivity contribution in [3.63, 3.8) is 0 Å². The first kappa shape index (κ1) is 17.3. The van der Waals surface area contributed by atoms with Crippen LogP contribution in [0.25, 0.3) is 0 Å². The SMILES string of the molecule is CCOC(=O)C1CC(Br)C(OC2CC(C)CC(C)(C)C2)C1. The molecule has 5 atom stereocenters. The van der Waals surface area contributed by atoms with Crippen molar-refractivity contribution in [2.75, 3.05) is 6.61 Å². The minimum Gasteiger partial charge on any atom is -0.466 e. The Kier molecular flexibility index (Phi) is 5.75. The summed E-state index contributed by atoms with van der Waals surface area (Å²) in [4.78, 5) is 12.2. The zero-order valence-electron chi connectivity index (χ0n) is 13.7. The van der Waals surface area contributed by atoms with E-state index in [1.54, 1.807) is 0 Å². The summed E-state index contributed by atoms with van der Waals surface area (Å²) in [6.07, 6.45) is 5.64. The van der Waals surface area contributed by atoms with Crippen LogP contribution in [0.4, 0.5) is 0 Å². The van der Waals surface area contributed by atoms with Crippen molar-refractivity contribution in [3.8, 4) is 0 Å². The summed E-state index contributed by atoms with van der Waals surface area (Å²) >= 11 is 3.70. The second-order valence-electron chi connectivity index (χ2n) is 7.65. The van der Waals surface area contributed by atoms with E-state index in [-0.39, 0.29) is 22.8 Å². The summed E-state index contributed by atoms with van der Waals surface area (Å²) in [5.41, 5.74) is 0.364. The van der Waals surface area contributed by atoms with Crippen LogP contribution in [0, 0.1) is 17.3 Å². The van der Waals surface area contributed by atoms with E-state index in [4.69, 9.17) is 9.47 Å². The smallest absolute Gasteiger partial charge is 0.309 e. The first-order valence-electron chi connectivity index (χ1n) is 8.27. The van der Waals surface area contributed by atoms with Gasteiger partial charge in [0.1, 0.15) is 0 Å². The molecule has 4 heteroatoms. The van der Waals surface area contributed by atoms with Gasteiger partial charge in [0.2, 0.25) is 0 Å². The Balaban J connectivity index is 1.89. The van der Waals surface area contributed by atoms with E-state index < -0.39 is 0 Å². The summed E-state index contributed by atoms with van der Waals surface area (Å²) in [6, 6.07) is 0. The van der Waals surface area contributed by atoms with E-state index in [0.717, 1.165) is 31.6 Å². The Hall–Kier alpha value is -0.0900. The number of rotatable bonds is 4. The highest BCUT2D eigenvalue weighted by Gasteiger charge is 2.41. The van der Waals surface area contributed by atoms with E-state index in [1.807, 2.05) is 6.92 Å². The zero-order chi connectivity index (χ0) is 15.6. The maximum atomic E-state index is 11.9. The second kappa shape index (κ2) is 6.99. The van der Waals surface area contributed by atoms with Crippen LogP contribution >= 0.6 is 15.9 Å². The van der Waals surface area contributed by atoms with Gasteiger partial charge in [-0.1, -0.05) is 36.7 Å². The quantitative estimate of drug-likeness (QED) is 0.553. The van der Waals surface area contributed by atoms with Gasteiger partial charge in [-0.2, -0.15) is 0 Å². The molecule has 0 radical (unpaired) electrons. The van der Waals surface area contributed by atoms with Crippen LogP contribution in [-0.2, 0) is 14.3 Å². The maximum absolute atomic E-state index is 11.9. The Morgan fingerprint density at radius 3 is 2.57 bits per heavy atom. The minimum absolute atomic E-state index is 0.00616. The van der Waals surface area contributed by atoms with Crippen molar-refractivity contribution in [3.05, 3.63) is 0 Å². The van der Waals surface area contributed by atoms with Crippen molar-refractivity contribution in [1.29, 1.82) is 0 Å². The highest BCUT2D eigenvalue weighted by Crippen LogP contribution is 2.42. The van der Waals surface area contributed by atoms with Gasteiger partial charge in [0, 0.05) is 4.83 Å². The van der Waals surface area contributed by atoms with Crippen LogP contribution in [-0.4, -0.2) is 29.6 Å². The molecule has 0 aromatic carbocycles. The van der Waals surface area contributed by atoms with E-state index in [2.05, 4.69) is 36.7 Å². The minimum atomic E-state index is -0.0645. The molecule has 2 rings (SSSR count). The fourth-order valence-electron chi connectivity index (χ4n) is 4.15. The van der Waals surface area contributed by atoms with Gasteiger partial charge in [-0.3, -0.25) is 4.79 Å². The number of carbonyl (C=O) groups is 1. The Bertz CT molecular complexity index is 369. The maximum Gasteiger partial charge on any atom is 0.309 e. The van der Waals surface area contributed by atoms with Crippen LogP contribution in [0.3, 0.4) is 0 Å². The Labute approximate surface area is 137 Å². The fourth-order valence-corrected chi connectivity index (χ4v) is 4.94. The highest BCUT2D eigenvalue weighted by atomic mass is 79.9. The van der Waals surface area contributed by atoms with Gasteiger partial charge in [0.05, 0.1) is 24.7 Å². The molecule has 3 nitrogen and oxygen atoms in total. The monoisotopic (exact) mass is 360 g/mol. The van der Waals surface area contributed by atoms with E-state index >= 15 is 0 Å². The van der Waals surface area contributed by atoms with E-state index in [0.29, 0.717) is 18.1 Å². The number of esters is 1. The van der Waals surface area contributed by atoms with Crippen molar-refractivity contribution in [1.82, 2.24) is 0 Å². The second-order valence-corrected chi connectivity index (χ2v) is 8.82. The highest BCUT2D eigenvalue weighted by molar-refractivity contribution is 9.09. The van der Waals surface area contributed by atoms with Gasteiger partial charge in [0.15, 0.2) is 0 Å². The molecule has 0 aliphatic heterocycles. The lowest BCUT2D eigenvalue weighted by atomic mass is 9.71. The van der Waals surface area contributed by atoms with Crippen molar-refractivity contribution in [2.45, 2.75) is 76.8 Å². The molecule has 0 bridgehead atoms. The van der Waals surface area contributed by atoms with Gasteiger partial charge < -0.3 is 9.47 Å². The Morgan fingerprint density at radius 2 is 1.95 bits per heavy atom. The average molecular weight is 361 g/mol. The predicted molar refractivity (Wildman–Crippen MR) is 87.5 cm³/mol. The van der Waals surface area contributed by atoms with E-state index in [9.17, 15) is 4.79 Å². The lowest BCUT2D eigenvalue weighted by Crippen LogP contribution is -2.36. The van der Waals surface area contributed by atoms with Gasteiger partial charge in [-0.15, -0.1) is 0 Å². The molecule has 0 saturated heterocycles. The lowest BCUT2D eigenvalue weighted by Gasteiger charge is -2.40. The molecule has 2 aliphatic rings. The van der Waals surface area contributed by atoms with Crippen LogP contribution in [0.2, 0.25) is 0 Å². The third-order valence-electron chi connectivity index (χ3n) is 4.76. The number of hydrogen-bond donors (Lipinski definition) is 0. The van der Waals surface area contributed by atoms with Crippen LogP contribution in [0.5, 0.6) is 0 Å². The number of halogens is 1. The van der Waals surface area contributed by atoms with E-state index in [1.165, 1.54) is 6.42 Å². The molecule has 0 heterocycles. The molecule has 0 spiro atoms. The standard InChI is InChI=1S/C17H29BrO3/c1-5-20-16(19)12-7-14(18)15(8-12)21-13-6-11(2)9-17(3,4)10-13/h11-15H,5-10H2,1-4H3. The number of hydrogen-bond acceptors (Lipinski definition) is 3. The van der Waals surface area contributed by atoms with Gasteiger partial charge >= 0.3 is 5.97 Å². The van der Waals surface area contributed by atoms with Crippen molar-refractivity contribution in [2.24, 2.45) is 17.3 Å². The predicted octanol–water partition coefficient (Wildman–Crippen LogP) is 4.32. The molecule has 0 N–H and O–H groups in total. The molecule has 2 fully saturated rings. The number of alkyl halides is 1. The normalized spacial score (nSPS) is 39.2. The summed E-state index contributed by atoms with van der Waals surface area (Å²) in [7, 11) is 0. The molecular formula is C17H29BrO3. The van der Waals surface area contributed by atoms with Crippen LogP contribution in [0.15, 0.2) is 0 Å². The summed E-state index contributed by atoms with van der Waals surface area (Å²) in [5, 5.41) is 0. The molecule has 0 aromatic rings. The molecule has 0 aromatic heterocycles. The summed E-state index contributed by atoms with van der Waals surface area (Å²) in [6.45, 7) is 9.31. The van der Waals surface area contributed by atoms with Gasteiger partial charge in [-0.25, -0.2) is 0 Å². The average Bonchev–Trinajstić information content (AvgIpc) is 2.68. The molecule has 2 aliphatic carbocycles. The summed E-state index contributed by atoms with van der Waals surface area (Å²) in [5.74, 6) is 0.647. The van der Waals surface area contributed by atoms with Gasteiger partial charge in [0.25, 0.3) is 0 Å². The number of carbonyl (C=O) groups excluding carboxylic acids is 1. The number of ether oxygens (including phenoxy) is 2. The molecule has 5 unspecified atom stereocenters. The first-order chi connectivity index (χ1) is 9.80. The molecule has 122 valence electrons. The topological polar surface area (TPSA) is 35.5 Å².